The molecule has 2 rings (SSSR count). The van der Waals surface area contributed by atoms with Crippen LogP contribution in [-0.2, 0) is 13.0 Å². The van der Waals surface area contributed by atoms with Crippen molar-refractivity contribution in [3.63, 3.8) is 0 Å². The summed E-state index contributed by atoms with van der Waals surface area (Å²) in [5.74, 6) is 0. The highest BCUT2D eigenvalue weighted by Crippen LogP contribution is 2.17. The van der Waals surface area contributed by atoms with Crippen molar-refractivity contribution in [3.8, 4) is 0 Å². The van der Waals surface area contributed by atoms with E-state index >= 15 is 0 Å². The van der Waals surface area contributed by atoms with Gasteiger partial charge in [0, 0.05) is 31.6 Å². The van der Waals surface area contributed by atoms with Crippen LogP contribution in [0.4, 0.5) is 5.69 Å². The second-order valence-electron chi connectivity index (χ2n) is 4.13. The van der Waals surface area contributed by atoms with Gasteiger partial charge in [-0.2, -0.15) is 0 Å². The number of hydrogen-bond acceptors (Lipinski definition) is 4. The maximum absolute atomic E-state index is 8.95. The number of thiazole rings is 1. The third-order valence-electron chi connectivity index (χ3n) is 2.57. The molecule has 4 heteroatoms. The quantitative estimate of drug-likeness (QED) is 0.902. The molecule has 1 N–H and O–H groups in total. The minimum Gasteiger partial charge on any atom is -0.390 e. The van der Waals surface area contributed by atoms with Gasteiger partial charge < -0.3 is 10.0 Å². The second-order valence-corrected chi connectivity index (χ2v) is 5.07. The van der Waals surface area contributed by atoms with Crippen molar-refractivity contribution in [1.29, 1.82) is 0 Å². The zero-order chi connectivity index (χ0) is 12.3. The maximum Gasteiger partial charge on any atom is 0.0973 e. The van der Waals surface area contributed by atoms with E-state index in [0.717, 1.165) is 17.1 Å². The van der Waals surface area contributed by atoms with E-state index in [1.165, 1.54) is 11.3 Å². The fourth-order valence-corrected chi connectivity index (χ4v) is 2.41. The van der Waals surface area contributed by atoms with E-state index in [-0.39, 0.29) is 6.61 Å². The second kappa shape index (κ2) is 5.29. The monoisotopic (exact) mass is 248 g/mol. The van der Waals surface area contributed by atoms with Gasteiger partial charge in [0.25, 0.3) is 0 Å². The Morgan fingerprint density at radius 1 is 1.24 bits per heavy atom. The largest absolute Gasteiger partial charge is 0.390 e. The minimum absolute atomic E-state index is 0.0239. The zero-order valence-electron chi connectivity index (χ0n) is 10.1. The first-order valence-corrected chi connectivity index (χ1v) is 6.37. The summed E-state index contributed by atoms with van der Waals surface area (Å²) in [4.78, 5) is 6.42. The van der Waals surface area contributed by atoms with Crippen LogP contribution in [0.1, 0.15) is 16.3 Å². The Morgan fingerprint density at radius 3 is 2.47 bits per heavy atom. The van der Waals surface area contributed by atoms with E-state index < -0.39 is 0 Å². The number of anilines is 1. The summed E-state index contributed by atoms with van der Waals surface area (Å²) < 4.78 is 0. The van der Waals surface area contributed by atoms with Crippen LogP contribution < -0.4 is 4.90 Å². The van der Waals surface area contributed by atoms with Crippen LogP contribution in [0.5, 0.6) is 0 Å². The smallest absolute Gasteiger partial charge is 0.0973 e. The van der Waals surface area contributed by atoms with Crippen molar-refractivity contribution < 1.29 is 5.11 Å². The molecule has 90 valence electrons. The van der Waals surface area contributed by atoms with E-state index in [1.807, 2.05) is 19.5 Å². The lowest BCUT2D eigenvalue weighted by Gasteiger charge is -2.12. The lowest BCUT2D eigenvalue weighted by molar-refractivity contribution is 0.277. The van der Waals surface area contributed by atoms with E-state index in [9.17, 15) is 0 Å². The first-order chi connectivity index (χ1) is 8.19. The molecule has 0 aliphatic carbocycles. The molecule has 1 aromatic carbocycles. The van der Waals surface area contributed by atoms with Gasteiger partial charge in [-0.1, -0.05) is 12.1 Å². The van der Waals surface area contributed by atoms with Gasteiger partial charge in [0.15, 0.2) is 0 Å². The Balaban J connectivity index is 2.08. The molecule has 0 atom stereocenters. The molecule has 1 aromatic heterocycles. The summed E-state index contributed by atoms with van der Waals surface area (Å²) in [6, 6.07) is 8.45. The summed E-state index contributed by atoms with van der Waals surface area (Å²) in [7, 11) is 4.06. The average molecular weight is 248 g/mol. The van der Waals surface area contributed by atoms with E-state index in [4.69, 9.17) is 5.11 Å². The van der Waals surface area contributed by atoms with Crippen LogP contribution >= 0.6 is 11.3 Å². The van der Waals surface area contributed by atoms with E-state index in [1.54, 1.807) is 11.3 Å². The SMILES string of the molecule is CN(C)c1ccc(Cc2nc(CO)cs2)cc1. The fourth-order valence-electron chi connectivity index (χ4n) is 1.59. The van der Waals surface area contributed by atoms with Gasteiger partial charge in [0.1, 0.15) is 0 Å². The van der Waals surface area contributed by atoms with Crippen LogP contribution in [-0.4, -0.2) is 24.2 Å². The number of aliphatic hydroxyl groups is 1. The van der Waals surface area contributed by atoms with Crippen molar-refractivity contribution in [1.82, 2.24) is 4.98 Å². The van der Waals surface area contributed by atoms with Crippen LogP contribution in [0, 0.1) is 0 Å². The van der Waals surface area contributed by atoms with Gasteiger partial charge >= 0.3 is 0 Å². The van der Waals surface area contributed by atoms with Gasteiger partial charge in [-0.05, 0) is 17.7 Å². The molecule has 0 aliphatic rings. The molecule has 0 saturated carbocycles. The van der Waals surface area contributed by atoms with Crippen molar-refractivity contribution in [3.05, 3.63) is 45.9 Å². The Morgan fingerprint density at radius 2 is 1.94 bits per heavy atom. The van der Waals surface area contributed by atoms with Gasteiger partial charge in [-0.15, -0.1) is 11.3 Å². The molecule has 0 bridgehead atoms. The van der Waals surface area contributed by atoms with Crippen LogP contribution in [0.3, 0.4) is 0 Å². The molecule has 17 heavy (non-hydrogen) atoms. The third kappa shape index (κ3) is 3.05. The molecule has 0 radical (unpaired) electrons. The van der Waals surface area contributed by atoms with E-state index in [2.05, 4.69) is 34.1 Å². The van der Waals surface area contributed by atoms with Gasteiger partial charge in [-0.3, -0.25) is 0 Å². The Labute approximate surface area is 105 Å². The highest BCUT2D eigenvalue weighted by atomic mass is 32.1. The summed E-state index contributed by atoms with van der Waals surface area (Å²) in [5, 5.41) is 11.9. The maximum atomic E-state index is 8.95. The predicted molar refractivity (Wildman–Crippen MR) is 71.6 cm³/mol. The molecule has 3 nitrogen and oxygen atoms in total. The predicted octanol–water partition coefficient (Wildman–Crippen LogP) is 2.29. The fraction of sp³-hybridized carbons (Fsp3) is 0.308. The van der Waals surface area contributed by atoms with Crippen molar-refractivity contribution in [2.24, 2.45) is 0 Å². The highest BCUT2D eigenvalue weighted by molar-refractivity contribution is 7.09. The molecule has 1 heterocycles. The molecule has 0 saturated heterocycles. The van der Waals surface area contributed by atoms with Crippen LogP contribution in [0.2, 0.25) is 0 Å². The third-order valence-corrected chi connectivity index (χ3v) is 3.47. The number of aromatic nitrogens is 1. The summed E-state index contributed by atoms with van der Waals surface area (Å²) >= 11 is 1.60. The summed E-state index contributed by atoms with van der Waals surface area (Å²) in [5.41, 5.74) is 3.20. The lowest BCUT2D eigenvalue weighted by Crippen LogP contribution is -2.08. The van der Waals surface area contributed by atoms with E-state index in [0.29, 0.717) is 0 Å². The Kier molecular flexibility index (Phi) is 3.76. The highest BCUT2D eigenvalue weighted by Gasteiger charge is 2.03. The van der Waals surface area contributed by atoms with Gasteiger partial charge in [0.05, 0.1) is 17.3 Å². The minimum atomic E-state index is 0.0239. The average Bonchev–Trinajstić information content (AvgIpc) is 2.77. The standard InChI is InChI=1S/C13H16N2OS/c1-15(2)12-5-3-10(4-6-12)7-13-14-11(8-16)9-17-13/h3-6,9,16H,7-8H2,1-2H3. The number of benzene rings is 1. The normalized spacial score (nSPS) is 10.5. The number of aliphatic hydroxyl groups excluding tert-OH is 1. The lowest BCUT2D eigenvalue weighted by atomic mass is 10.1. The van der Waals surface area contributed by atoms with Gasteiger partial charge in [-0.25, -0.2) is 4.98 Å². The number of rotatable bonds is 4. The number of hydrogen-bond donors (Lipinski definition) is 1. The Hall–Kier alpha value is -1.39. The molecular weight excluding hydrogens is 232 g/mol. The molecule has 0 amide bonds. The number of nitrogens with zero attached hydrogens (tertiary/aromatic N) is 2. The molecule has 0 spiro atoms. The van der Waals surface area contributed by atoms with Gasteiger partial charge in [0.2, 0.25) is 0 Å². The van der Waals surface area contributed by atoms with Crippen LogP contribution in [0.25, 0.3) is 0 Å². The molecule has 2 aromatic rings. The van der Waals surface area contributed by atoms with Crippen LogP contribution in [0.15, 0.2) is 29.6 Å². The van der Waals surface area contributed by atoms with Crippen molar-refractivity contribution in [2.75, 3.05) is 19.0 Å². The first kappa shape index (κ1) is 12.1. The molecular formula is C13H16N2OS. The summed E-state index contributed by atoms with van der Waals surface area (Å²) in [6.07, 6.45) is 0.832. The van der Waals surface area contributed by atoms with Crippen molar-refractivity contribution >= 4 is 17.0 Å². The molecule has 0 unspecified atom stereocenters. The van der Waals surface area contributed by atoms with Crippen molar-refractivity contribution in [2.45, 2.75) is 13.0 Å². The molecule has 0 fully saturated rings. The first-order valence-electron chi connectivity index (χ1n) is 5.49. The topological polar surface area (TPSA) is 36.4 Å². The molecule has 0 aliphatic heterocycles. The summed E-state index contributed by atoms with van der Waals surface area (Å²) in [6.45, 7) is 0.0239. The zero-order valence-corrected chi connectivity index (χ0v) is 10.9. The Bertz CT molecular complexity index is 476.